The fourth-order valence-corrected chi connectivity index (χ4v) is 1.97. The zero-order valence-electron chi connectivity index (χ0n) is 10.8. The van der Waals surface area contributed by atoms with Crippen molar-refractivity contribution in [3.8, 4) is 0 Å². The maximum absolute atomic E-state index is 9.62. The van der Waals surface area contributed by atoms with Crippen molar-refractivity contribution in [3.63, 3.8) is 0 Å². The quantitative estimate of drug-likeness (QED) is 0.800. The predicted octanol–water partition coefficient (Wildman–Crippen LogP) is 2.51. The first-order valence-corrected chi connectivity index (χ1v) is 5.97. The molecule has 0 aromatic heterocycles. The van der Waals surface area contributed by atoms with E-state index >= 15 is 0 Å². The van der Waals surface area contributed by atoms with E-state index in [1.807, 2.05) is 0 Å². The number of aliphatic hydroxyl groups excluding tert-OH is 1. The average Bonchev–Trinajstić information content (AvgIpc) is 2.29. The van der Waals surface area contributed by atoms with Crippen LogP contribution in [0.4, 0.5) is 0 Å². The average molecular weight is 221 g/mol. The van der Waals surface area contributed by atoms with Crippen molar-refractivity contribution >= 4 is 0 Å². The lowest BCUT2D eigenvalue weighted by Gasteiger charge is -2.31. The van der Waals surface area contributed by atoms with Gasteiger partial charge in [-0.15, -0.1) is 0 Å². The van der Waals surface area contributed by atoms with Gasteiger partial charge in [0.05, 0.1) is 12.1 Å². The van der Waals surface area contributed by atoms with Crippen LogP contribution in [-0.2, 0) is 5.54 Å². The lowest BCUT2D eigenvalue weighted by Crippen LogP contribution is -2.43. The zero-order valence-corrected chi connectivity index (χ0v) is 10.8. The van der Waals surface area contributed by atoms with Crippen molar-refractivity contribution in [2.45, 2.75) is 39.7 Å². The zero-order chi connectivity index (χ0) is 12.2. The Morgan fingerprint density at radius 1 is 1.31 bits per heavy atom. The predicted molar refractivity (Wildman–Crippen MR) is 68.6 cm³/mol. The maximum Gasteiger partial charge on any atom is 0.0652 e. The highest BCUT2D eigenvalue weighted by Crippen LogP contribution is 2.24. The van der Waals surface area contributed by atoms with Gasteiger partial charge in [-0.1, -0.05) is 30.7 Å². The minimum Gasteiger partial charge on any atom is -0.394 e. The molecule has 0 aliphatic rings. The Bertz CT molecular complexity index is 349. The van der Waals surface area contributed by atoms with Crippen LogP contribution >= 0.6 is 0 Å². The number of aryl methyl sites for hydroxylation is 2. The van der Waals surface area contributed by atoms with Gasteiger partial charge in [-0.25, -0.2) is 0 Å². The molecule has 0 saturated heterocycles. The van der Waals surface area contributed by atoms with Gasteiger partial charge in [0, 0.05) is 0 Å². The number of hydrogen-bond acceptors (Lipinski definition) is 2. The maximum atomic E-state index is 9.62. The van der Waals surface area contributed by atoms with Crippen molar-refractivity contribution in [2.24, 2.45) is 0 Å². The monoisotopic (exact) mass is 221 g/mol. The van der Waals surface area contributed by atoms with Gasteiger partial charge in [0.25, 0.3) is 0 Å². The summed E-state index contributed by atoms with van der Waals surface area (Å²) in [6.07, 6.45) is 1.07. The summed E-state index contributed by atoms with van der Waals surface area (Å²) in [4.78, 5) is 0. The van der Waals surface area contributed by atoms with Crippen LogP contribution in [0.5, 0.6) is 0 Å². The lowest BCUT2D eigenvalue weighted by molar-refractivity contribution is 0.175. The van der Waals surface area contributed by atoms with Crippen LogP contribution in [0.2, 0.25) is 0 Å². The first kappa shape index (κ1) is 13.2. The van der Waals surface area contributed by atoms with E-state index in [1.54, 1.807) is 0 Å². The number of aliphatic hydroxyl groups is 1. The summed E-state index contributed by atoms with van der Waals surface area (Å²) in [7, 11) is 0. The Hall–Kier alpha value is -0.860. The highest BCUT2D eigenvalue weighted by molar-refractivity contribution is 5.36. The molecule has 0 fully saturated rings. The Balaban J connectivity index is 3.06. The number of benzene rings is 1. The molecule has 0 radical (unpaired) electrons. The van der Waals surface area contributed by atoms with Crippen molar-refractivity contribution in [2.75, 3.05) is 13.2 Å². The summed E-state index contributed by atoms with van der Waals surface area (Å²) in [5.41, 5.74) is 3.33. The second-order valence-corrected chi connectivity index (χ2v) is 4.74. The largest absolute Gasteiger partial charge is 0.394 e. The summed E-state index contributed by atoms with van der Waals surface area (Å²) in [6.45, 7) is 9.41. The molecule has 0 amide bonds. The summed E-state index contributed by atoms with van der Waals surface area (Å²) < 4.78 is 0. The third kappa shape index (κ3) is 2.83. The van der Waals surface area contributed by atoms with Crippen molar-refractivity contribution in [3.05, 3.63) is 34.9 Å². The summed E-state index contributed by atoms with van der Waals surface area (Å²) >= 11 is 0. The van der Waals surface area contributed by atoms with Crippen LogP contribution < -0.4 is 5.32 Å². The molecule has 0 heterocycles. The molecule has 0 aliphatic heterocycles. The topological polar surface area (TPSA) is 32.3 Å². The van der Waals surface area contributed by atoms with Gasteiger partial charge in [-0.05, 0) is 44.9 Å². The molecule has 0 saturated carbocycles. The second-order valence-electron chi connectivity index (χ2n) is 4.74. The molecule has 0 bridgehead atoms. The first-order valence-electron chi connectivity index (χ1n) is 5.97. The molecular weight excluding hydrogens is 198 g/mol. The molecule has 2 N–H and O–H groups in total. The minimum absolute atomic E-state index is 0.122. The van der Waals surface area contributed by atoms with Crippen molar-refractivity contribution in [1.29, 1.82) is 0 Å². The summed E-state index contributed by atoms with van der Waals surface area (Å²) in [6, 6.07) is 6.39. The summed E-state index contributed by atoms with van der Waals surface area (Å²) in [5.74, 6) is 0. The Morgan fingerprint density at radius 3 is 2.56 bits per heavy atom. The van der Waals surface area contributed by atoms with Gasteiger partial charge in [-0.2, -0.15) is 0 Å². The molecule has 1 unspecified atom stereocenters. The Kier molecular flexibility index (Phi) is 4.51. The molecule has 16 heavy (non-hydrogen) atoms. The lowest BCUT2D eigenvalue weighted by atomic mass is 9.88. The molecule has 2 nitrogen and oxygen atoms in total. The van der Waals surface area contributed by atoms with Crippen LogP contribution in [0.15, 0.2) is 18.2 Å². The SMILES string of the molecule is CCCNC(C)(CO)c1cc(C)ccc1C. The van der Waals surface area contributed by atoms with Crippen molar-refractivity contribution < 1.29 is 5.11 Å². The highest BCUT2D eigenvalue weighted by atomic mass is 16.3. The van der Waals surface area contributed by atoms with E-state index in [0.29, 0.717) is 0 Å². The number of nitrogens with one attached hydrogen (secondary N) is 1. The van der Waals surface area contributed by atoms with E-state index in [1.165, 1.54) is 16.7 Å². The molecule has 0 spiro atoms. The molecule has 2 heteroatoms. The molecule has 1 aromatic rings. The molecule has 1 atom stereocenters. The molecule has 90 valence electrons. The third-order valence-electron chi connectivity index (χ3n) is 3.07. The normalized spacial score (nSPS) is 14.8. The van der Waals surface area contributed by atoms with Crippen LogP contribution in [0.3, 0.4) is 0 Å². The summed E-state index contributed by atoms with van der Waals surface area (Å²) in [5, 5.41) is 13.0. The van der Waals surface area contributed by atoms with Crippen LogP contribution in [0, 0.1) is 13.8 Å². The van der Waals surface area contributed by atoms with E-state index < -0.39 is 0 Å². The molecule has 0 aliphatic carbocycles. The fraction of sp³-hybridized carbons (Fsp3) is 0.571. The smallest absolute Gasteiger partial charge is 0.0652 e. The van der Waals surface area contributed by atoms with Crippen molar-refractivity contribution in [1.82, 2.24) is 5.32 Å². The third-order valence-corrected chi connectivity index (χ3v) is 3.07. The fourth-order valence-electron chi connectivity index (χ4n) is 1.97. The van der Waals surface area contributed by atoms with E-state index in [-0.39, 0.29) is 12.1 Å². The number of hydrogen-bond donors (Lipinski definition) is 2. The van der Waals surface area contributed by atoms with E-state index in [9.17, 15) is 5.11 Å². The van der Waals surface area contributed by atoms with E-state index in [2.05, 4.69) is 51.2 Å². The number of rotatable bonds is 5. The standard InChI is InChI=1S/C14H23NO/c1-5-8-15-14(4,10-16)13-9-11(2)6-7-12(13)3/h6-7,9,15-16H,5,8,10H2,1-4H3. The Labute approximate surface area is 98.7 Å². The van der Waals surface area contributed by atoms with Gasteiger partial charge >= 0.3 is 0 Å². The van der Waals surface area contributed by atoms with Gasteiger partial charge in [-0.3, -0.25) is 0 Å². The van der Waals surface area contributed by atoms with E-state index in [4.69, 9.17) is 0 Å². The van der Waals surface area contributed by atoms with E-state index in [0.717, 1.165) is 13.0 Å². The molecule has 1 rings (SSSR count). The van der Waals surface area contributed by atoms with Crippen LogP contribution in [0.1, 0.15) is 37.0 Å². The highest BCUT2D eigenvalue weighted by Gasteiger charge is 2.26. The van der Waals surface area contributed by atoms with Gasteiger partial charge in [0.1, 0.15) is 0 Å². The Morgan fingerprint density at radius 2 is 2.00 bits per heavy atom. The van der Waals surface area contributed by atoms with Gasteiger partial charge < -0.3 is 10.4 Å². The van der Waals surface area contributed by atoms with Gasteiger partial charge in [0.2, 0.25) is 0 Å². The van der Waals surface area contributed by atoms with Crippen LogP contribution in [-0.4, -0.2) is 18.3 Å². The van der Waals surface area contributed by atoms with Gasteiger partial charge in [0.15, 0.2) is 0 Å². The second kappa shape index (κ2) is 5.46. The minimum atomic E-state index is -0.327. The molecular formula is C14H23NO. The molecule has 1 aromatic carbocycles. The first-order chi connectivity index (χ1) is 7.53. The van der Waals surface area contributed by atoms with Crippen LogP contribution in [0.25, 0.3) is 0 Å².